The summed E-state index contributed by atoms with van der Waals surface area (Å²) in [5.41, 5.74) is 7.69. The number of benzene rings is 2. The summed E-state index contributed by atoms with van der Waals surface area (Å²) in [6.07, 6.45) is 0. The molecule has 7 heteroatoms. The van der Waals surface area contributed by atoms with Crippen molar-refractivity contribution in [1.29, 1.82) is 0 Å². The molecule has 2 aromatic rings. The molecule has 0 bridgehead atoms. The van der Waals surface area contributed by atoms with E-state index >= 15 is 0 Å². The van der Waals surface area contributed by atoms with Crippen molar-refractivity contribution in [2.24, 2.45) is 5.73 Å². The topological polar surface area (TPSA) is 87.9 Å². The van der Waals surface area contributed by atoms with Crippen LogP contribution in [-0.4, -0.2) is 49.6 Å². The van der Waals surface area contributed by atoms with Gasteiger partial charge in [-0.1, -0.05) is 24.3 Å². The van der Waals surface area contributed by atoms with E-state index < -0.39 is 6.03 Å². The minimum Gasteiger partial charge on any atom is -0.492 e. The number of carbonyl (C=O) groups is 2. The number of nitrogens with two attached hydrogens (primary N) is 1. The first-order chi connectivity index (χ1) is 13.6. The number of para-hydroxylation sites is 2. The molecular weight excluding hydrogens is 356 g/mol. The Morgan fingerprint density at radius 3 is 2.36 bits per heavy atom. The van der Waals surface area contributed by atoms with Gasteiger partial charge in [-0.05, 0) is 36.8 Å². The van der Waals surface area contributed by atoms with Crippen LogP contribution >= 0.6 is 0 Å². The summed E-state index contributed by atoms with van der Waals surface area (Å²) in [7, 11) is 0. The van der Waals surface area contributed by atoms with E-state index in [9.17, 15) is 9.59 Å². The van der Waals surface area contributed by atoms with Gasteiger partial charge < -0.3 is 25.6 Å². The van der Waals surface area contributed by atoms with Gasteiger partial charge in [0.15, 0.2) is 0 Å². The Balaban J connectivity index is 1.59. The Hall–Kier alpha value is -3.22. The molecule has 1 aliphatic heterocycles. The molecule has 0 spiro atoms. The number of piperazine rings is 1. The number of amides is 3. The van der Waals surface area contributed by atoms with Gasteiger partial charge >= 0.3 is 6.03 Å². The van der Waals surface area contributed by atoms with Crippen molar-refractivity contribution in [3.63, 3.8) is 0 Å². The lowest BCUT2D eigenvalue weighted by atomic mass is 10.1. The summed E-state index contributed by atoms with van der Waals surface area (Å²) < 4.78 is 5.72. The fourth-order valence-electron chi connectivity index (χ4n) is 3.28. The summed E-state index contributed by atoms with van der Waals surface area (Å²) in [4.78, 5) is 27.7. The van der Waals surface area contributed by atoms with Crippen molar-refractivity contribution >= 4 is 17.6 Å². The fourth-order valence-corrected chi connectivity index (χ4v) is 3.28. The summed E-state index contributed by atoms with van der Waals surface area (Å²) >= 11 is 0. The van der Waals surface area contributed by atoms with E-state index in [-0.39, 0.29) is 5.91 Å². The van der Waals surface area contributed by atoms with Crippen molar-refractivity contribution in [1.82, 2.24) is 10.2 Å². The zero-order valence-corrected chi connectivity index (χ0v) is 16.1. The van der Waals surface area contributed by atoms with Gasteiger partial charge in [0.05, 0.1) is 12.3 Å². The molecule has 148 valence electrons. The highest BCUT2D eigenvalue weighted by atomic mass is 16.5. The van der Waals surface area contributed by atoms with Gasteiger partial charge in [-0.15, -0.1) is 0 Å². The van der Waals surface area contributed by atoms with Crippen LogP contribution in [0.25, 0.3) is 0 Å². The molecular formula is C21H26N4O3. The molecule has 0 aromatic heterocycles. The van der Waals surface area contributed by atoms with Gasteiger partial charge in [-0.25, -0.2) is 4.79 Å². The first-order valence-corrected chi connectivity index (χ1v) is 9.46. The van der Waals surface area contributed by atoms with E-state index in [0.717, 1.165) is 30.1 Å². The van der Waals surface area contributed by atoms with E-state index in [0.29, 0.717) is 31.8 Å². The molecule has 3 N–H and O–H groups in total. The molecule has 3 amide bonds. The van der Waals surface area contributed by atoms with Crippen molar-refractivity contribution in [2.45, 2.75) is 13.5 Å². The zero-order valence-electron chi connectivity index (χ0n) is 16.1. The smallest absolute Gasteiger partial charge is 0.312 e. The molecule has 1 aliphatic rings. The molecule has 0 saturated carbocycles. The number of ether oxygens (including phenoxy) is 1. The van der Waals surface area contributed by atoms with Crippen LogP contribution < -0.4 is 20.7 Å². The molecule has 0 radical (unpaired) electrons. The molecule has 7 nitrogen and oxygen atoms in total. The summed E-state index contributed by atoms with van der Waals surface area (Å²) in [5.74, 6) is 0.900. The number of nitrogens with zero attached hydrogens (tertiary/aromatic N) is 2. The summed E-state index contributed by atoms with van der Waals surface area (Å²) in [5, 5.41) is 2.54. The van der Waals surface area contributed by atoms with Crippen molar-refractivity contribution in [2.75, 3.05) is 37.7 Å². The quantitative estimate of drug-likeness (QED) is 0.802. The van der Waals surface area contributed by atoms with Crippen LogP contribution in [0.2, 0.25) is 0 Å². The Morgan fingerprint density at radius 2 is 1.71 bits per heavy atom. The van der Waals surface area contributed by atoms with Gasteiger partial charge in [0.25, 0.3) is 5.91 Å². The Bertz CT molecular complexity index is 815. The predicted molar refractivity (Wildman–Crippen MR) is 109 cm³/mol. The van der Waals surface area contributed by atoms with Gasteiger partial charge in [-0.2, -0.15) is 0 Å². The molecule has 2 aromatic carbocycles. The second kappa shape index (κ2) is 9.12. The number of hydrogen-bond donors (Lipinski definition) is 2. The Labute approximate surface area is 165 Å². The average Bonchev–Trinajstić information content (AvgIpc) is 2.73. The van der Waals surface area contributed by atoms with Crippen molar-refractivity contribution in [3.05, 3.63) is 59.7 Å². The van der Waals surface area contributed by atoms with Crippen LogP contribution in [0.1, 0.15) is 22.8 Å². The second-order valence-corrected chi connectivity index (χ2v) is 6.59. The highest BCUT2D eigenvalue weighted by molar-refractivity contribution is 5.94. The van der Waals surface area contributed by atoms with Gasteiger partial charge in [0.1, 0.15) is 5.75 Å². The molecule has 3 rings (SSSR count). The molecule has 1 fully saturated rings. The lowest BCUT2D eigenvalue weighted by Crippen LogP contribution is -2.48. The summed E-state index contributed by atoms with van der Waals surface area (Å²) in [6.45, 7) is 5.78. The fraction of sp³-hybridized carbons (Fsp3) is 0.333. The van der Waals surface area contributed by atoms with E-state index in [1.807, 2.05) is 42.2 Å². The number of urea groups is 1. The number of hydrogen-bond acceptors (Lipinski definition) is 4. The van der Waals surface area contributed by atoms with Gasteiger partial charge in [0, 0.05) is 38.3 Å². The van der Waals surface area contributed by atoms with Crippen LogP contribution in [0.15, 0.2) is 48.5 Å². The van der Waals surface area contributed by atoms with Crippen molar-refractivity contribution < 1.29 is 14.3 Å². The second-order valence-electron chi connectivity index (χ2n) is 6.59. The SMILES string of the molecule is CCOc1ccccc1N1CCN(C(=O)c2ccc(CNC(N)=O)cc2)CC1. The maximum absolute atomic E-state index is 12.8. The van der Waals surface area contributed by atoms with E-state index in [1.165, 1.54) is 0 Å². The normalized spacial score (nSPS) is 13.9. The van der Waals surface area contributed by atoms with Crippen LogP contribution in [0, 0.1) is 0 Å². The largest absolute Gasteiger partial charge is 0.492 e. The molecule has 0 atom stereocenters. The number of anilines is 1. The third-order valence-electron chi connectivity index (χ3n) is 4.74. The van der Waals surface area contributed by atoms with Crippen LogP contribution in [0.5, 0.6) is 5.75 Å². The number of carbonyl (C=O) groups excluding carboxylic acids is 2. The third-order valence-corrected chi connectivity index (χ3v) is 4.74. The third kappa shape index (κ3) is 4.73. The van der Waals surface area contributed by atoms with Gasteiger partial charge in [-0.3, -0.25) is 4.79 Å². The minimum atomic E-state index is -0.566. The maximum atomic E-state index is 12.8. The highest BCUT2D eigenvalue weighted by Gasteiger charge is 2.23. The van der Waals surface area contributed by atoms with Crippen LogP contribution in [-0.2, 0) is 6.54 Å². The summed E-state index contributed by atoms with van der Waals surface area (Å²) in [6, 6.07) is 14.7. The maximum Gasteiger partial charge on any atom is 0.312 e. The molecule has 1 heterocycles. The first kappa shape index (κ1) is 19.5. The number of rotatable bonds is 6. The molecule has 0 unspecified atom stereocenters. The van der Waals surface area contributed by atoms with Crippen molar-refractivity contribution in [3.8, 4) is 5.75 Å². The highest BCUT2D eigenvalue weighted by Crippen LogP contribution is 2.29. The lowest BCUT2D eigenvalue weighted by molar-refractivity contribution is 0.0746. The lowest BCUT2D eigenvalue weighted by Gasteiger charge is -2.36. The minimum absolute atomic E-state index is 0.0205. The molecule has 28 heavy (non-hydrogen) atoms. The van der Waals surface area contributed by atoms with E-state index in [2.05, 4.69) is 16.3 Å². The molecule has 0 aliphatic carbocycles. The average molecular weight is 382 g/mol. The number of nitrogens with one attached hydrogen (secondary N) is 1. The zero-order chi connectivity index (χ0) is 19.9. The Kier molecular flexibility index (Phi) is 6.37. The van der Waals surface area contributed by atoms with E-state index in [4.69, 9.17) is 10.5 Å². The van der Waals surface area contributed by atoms with E-state index in [1.54, 1.807) is 12.1 Å². The van der Waals surface area contributed by atoms with Crippen LogP contribution in [0.3, 0.4) is 0 Å². The standard InChI is InChI=1S/C21H26N4O3/c1-2-28-19-6-4-3-5-18(19)24-11-13-25(14-12-24)20(26)17-9-7-16(8-10-17)15-23-21(22)27/h3-10H,2,11-15H2,1H3,(H3,22,23,27). The number of primary amides is 1. The van der Waals surface area contributed by atoms with Gasteiger partial charge in [0.2, 0.25) is 0 Å². The van der Waals surface area contributed by atoms with Crippen LogP contribution in [0.4, 0.5) is 10.5 Å². The predicted octanol–water partition coefficient (Wildman–Crippen LogP) is 2.22. The first-order valence-electron chi connectivity index (χ1n) is 9.46. The monoisotopic (exact) mass is 382 g/mol. The molecule has 1 saturated heterocycles. The Morgan fingerprint density at radius 1 is 1.04 bits per heavy atom.